The van der Waals surface area contributed by atoms with E-state index in [1.54, 1.807) is 18.2 Å². The Bertz CT molecular complexity index is 947. The van der Waals surface area contributed by atoms with Crippen molar-refractivity contribution in [2.45, 2.75) is 6.92 Å². The van der Waals surface area contributed by atoms with Gasteiger partial charge in [-0.1, -0.05) is 12.1 Å². The van der Waals surface area contributed by atoms with Crippen LogP contribution in [0.15, 0.2) is 60.9 Å². The Labute approximate surface area is 162 Å². The average Bonchev–Trinajstić information content (AvgIpc) is 2.73. The lowest BCUT2D eigenvalue weighted by Crippen LogP contribution is -2.25. The number of benzene rings is 2. The van der Waals surface area contributed by atoms with Crippen LogP contribution < -0.4 is 10.2 Å². The second-order valence-electron chi connectivity index (χ2n) is 6.07. The van der Waals surface area contributed by atoms with E-state index >= 15 is 0 Å². The third kappa shape index (κ3) is 4.60. The Kier molecular flexibility index (Phi) is 6.13. The minimum atomic E-state index is -0.429. The second-order valence-corrected chi connectivity index (χ2v) is 6.07. The van der Waals surface area contributed by atoms with Gasteiger partial charge in [-0.3, -0.25) is 10.1 Å². The SMILES string of the molecule is CCN(CCO)c1ccc(Nc2cc(-c3cccc([N+](=O)[O-])c3)ncn2)cc1. The van der Waals surface area contributed by atoms with E-state index in [1.165, 1.54) is 18.5 Å². The predicted octanol–water partition coefficient (Wildman–Crippen LogP) is 3.61. The molecule has 0 saturated heterocycles. The van der Waals surface area contributed by atoms with Gasteiger partial charge < -0.3 is 15.3 Å². The van der Waals surface area contributed by atoms with Crippen LogP contribution in [0.4, 0.5) is 22.9 Å². The first-order valence-electron chi connectivity index (χ1n) is 8.90. The van der Waals surface area contributed by atoms with Crippen molar-refractivity contribution in [2.75, 3.05) is 29.9 Å². The van der Waals surface area contributed by atoms with Gasteiger partial charge in [0.05, 0.1) is 17.2 Å². The van der Waals surface area contributed by atoms with Crippen LogP contribution in [-0.4, -0.2) is 39.7 Å². The summed E-state index contributed by atoms with van der Waals surface area (Å²) < 4.78 is 0. The van der Waals surface area contributed by atoms with Crippen LogP contribution in [0.3, 0.4) is 0 Å². The van der Waals surface area contributed by atoms with Crippen LogP contribution in [0.2, 0.25) is 0 Å². The lowest BCUT2D eigenvalue weighted by Gasteiger charge is -2.22. The summed E-state index contributed by atoms with van der Waals surface area (Å²) in [5.41, 5.74) is 3.15. The zero-order valence-corrected chi connectivity index (χ0v) is 15.4. The van der Waals surface area contributed by atoms with E-state index in [9.17, 15) is 10.1 Å². The van der Waals surface area contributed by atoms with Crippen LogP contribution in [0.1, 0.15) is 6.92 Å². The van der Waals surface area contributed by atoms with E-state index < -0.39 is 4.92 Å². The molecule has 0 aliphatic heterocycles. The van der Waals surface area contributed by atoms with Gasteiger partial charge in [0.15, 0.2) is 0 Å². The van der Waals surface area contributed by atoms with Crippen LogP contribution in [0, 0.1) is 10.1 Å². The highest BCUT2D eigenvalue weighted by Crippen LogP contribution is 2.25. The number of nitro benzene ring substituents is 1. The van der Waals surface area contributed by atoms with Crippen LogP contribution in [-0.2, 0) is 0 Å². The quantitative estimate of drug-likeness (QED) is 0.455. The molecule has 0 radical (unpaired) electrons. The summed E-state index contributed by atoms with van der Waals surface area (Å²) in [5.74, 6) is 0.590. The number of hydrogen-bond donors (Lipinski definition) is 2. The third-order valence-corrected chi connectivity index (χ3v) is 4.28. The maximum Gasteiger partial charge on any atom is 0.270 e. The highest BCUT2D eigenvalue weighted by atomic mass is 16.6. The first-order chi connectivity index (χ1) is 13.6. The first kappa shape index (κ1) is 19.2. The van der Waals surface area contributed by atoms with Gasteiger partial charge in [-0.2, -0.15) is 0 Å². The number of likely N-dealkylation sites (N-methyl/N-ethyl adjacent to an activating group) is 1. The molecule has 2 aromatic carbocycles. The summed E-state index contributed by atoms with van der Waals surface area (Å²) in [6, 6.07) is 15.9. The van der Waals surface area contributed by atoms with Gasteiger partial charge in [0.25, 0.3) is 5.69 Å². The molecular weight excluding hydrogens is 358 g/mol. The molecule has 1 aromatic heterocycles. The van der Waals surface area contributed by atoms with Crippen LogP contribution in [0.25, 0.3) is 11.3 Å². The fourth-order valence-corrected chi connectivity index (χ4v) is 2.86. The van der Waals surface area contributed by atoms with Crippen molar-refractivity contribution in [1.82, 2.24) is 9.97 Å². The molecule has 2 N–H and O–H groups in total. The molecule has 3 rings (SSSR count). The molecular formula is C20H21N5O3. The van der Waals surface area contributed by atoms with Gasteiger partial charge in [0.2, 0.25) is 0 Å². The summed E-state index contributed by atoms with van der Waals surface area (Å²) in [7, 11) is 0. The largest absolute Gasteiger partial charge is 0.395 e. The normalized spacial score (nSPS) is 10.5. The number of nitrogens with one attached hydrogen (secondary N) is 1. The Morgan fingerprint density at radius 3 is 2.61 bits per heavy atom. The topological polar surface area (TPSA) is 104 Å². The average molecular weight is 379 g/mol. The Morgan fingerprint density at radius 2 is 1.93 bits per heavy atom. The molecule has 1 heterocycles. The van der Waals surface area contributed by atoms with E-state index in [-0.39, 0.29) is 12.3 Å². The first-order valence-corrected chi connectivity index (χ1v) is 8.90. The lowest BCUT2D eigenvalue weighted by molar-refractivity contribution is -0.384. The summed E-state index contributed by atoms with van der Waals surface area (Å²) in [4.78, 5) is 21.1. The lowest BCUT2D eigenvalue weighted by atomic mass is 10.1. The number of anilines is 3. The Morgan fingerprint density at radius 1 is 1.14 bits per heavy atom. The van der Waals surface area contributed by atoms with E-state index in [0.29, 0.717) is 23.6 Å². The summed E-state index contributed by atoms with van der Waals surface area (Å²) in [5, 5.41) is 23.3. The van der Waals surface area contributed by atoms with Crippen molar-refractivity contribution in [3.63, 3.8) is 0 Å². The molecule has 8 nitrogen and oxygen atoms in total. The molecule has 3 aromatic rings. The number of non-ortho nitro benzene ring substituents is 1. The number of aliphatic hydroxyl groups is 1. The van der Waals surface area contributed by atoms with Gasteiger partial charge in [-0.25, -0.2) is 9.97 Å². The van der Waals surface area contributed by atoms with E-state index in [2.05, 4.69) is 20.2 Å². The van der Waals surface area contributed by atoms with Gasteiger partial charge in [0.1, 0.15) is 12.1 Å². The maximum atomic E-state index is 11.0. The molecule has 0 aliphatic rings. The number of aromatic nitrogens is 2. The third-order valence-electron chi connectivity index (χ3n) is 4.28. The molecule has 8 heteroatoms. The number of hydrogen-bond acceptors (Lipinski definition) is 7. The van der Waals surface area contributed by atoms with E-state index in [1.807, 2.05) is 31.2 Å². The zero-order valence-electron chi connectivity index (χ0n) is 15.4. The van der Waals surface area contributed by atoms with Gasteiger partial charge >= 0.3 is 0 Å². The van der Waals surface area contributed by atoms with Crippen molar-refractivity contribution >= 4 is 22.9 Å². The standard InChI is InChI=1S/C20H21N5O3/c1-2-24(10-11-26)17-8-6-16(7-9-17)23-20-13-19(21-14-22-20)15-4-3-5-18(12-15)25(27)28/h3-9,12-14,26H,2,10-11H2,1H3,(H,21,22,23). The molecule has 0 amide bonds. The monoisotopic (exact) mass is 379 g/mol. The minimum absolute atomic E-state index is 0.0181. The van der Waals surface area contributed by atoms with Crippen molar-refractivity contribution in [2.24, 2.45) is 0 Å². The minimum Gasteiger partial charge on any atom is -0.395 e. The fraction of sp³-hybridized carbons (Fsp3) is 0.200. The second kappa shape index (κ2) is 8.92. The highest BCUT2D eigenvalue weighted by Gasteiger charge is 2.09. The fourth-order valence-electron chi connectivity index (χ4n) is 2.86. The van der Waals surface area contributed by atoms with Crippen molar-refractivity contribution in [3.8, 4) is 11.3 Å². The predicted molar refractivity (Wildman–Crippen MR) is 109 cm³/mol. The molecule has 0 bridgehead atoms. The van der Waals surface area contributed by atoms with E-state index in [0.717, 1.165) is 17.9 Å². The summed E-state index contributed by atoms with van der Waals surface area (Å²) in [6.07, 6.45) is 1.42. The molecule has 28 heavy (non-hydrogen) atoms. The van der Waals surface area contributed by atoms with Crippen LogP contribution >= 0.6 is 0 Å². The molecule has 0 unspecified atom stereocenters. The molecule has 144 valence electrons. The van der Waals surface area contributed by atoms with Crippen molar-refractivity contribution < 1.29 is 10.0 Å². The van der Waals surface area contributed by atoms with Crippen LogP contribution in [0.5, 0.6) is 0 Å². The Hall–Kier alpha value is -3.52. The molecule has 0 spiro atoms. The molecule has 0 atom stereocenters. The Balaban J connectivity index is 1.78. The smallest absolute Gasteiger partial charge is 0.270 e. The highest BCUT2D eigenvalue weighted by molar-refractivity contribution is 5.67. The molecule has 0 saturated carbocycles. The maximum absolute atomic E-state index is 11.0. The number of nitrogens with zero attached hydrogens (tertiary/aromatic N) is 4. The van der Waals surface area contributed by atoms with Crippen molar-refractivity contribution in [3.05, 3.63) is 71.0 Å². The number of nitro groups is 1. The molecule has 0 fully saturated rings. The van der Waals surface area contributed by atoms with Crippen molar-refractivity contribution in [1.29, 1.82) is 0 Å². The zero-order chi connectivity index (χ0) is 19.9. The van der Waals surface area contributed by atoms with Gasteiger partial charge in [-0.05, 0) is 31.2 Å². The number of aliphatic hydroxyl groups excluding tert-OH is 1. The van der Waals surface area contributed by atoms with E-state index in [4.69, 9.17) is 5.11 Å². The molecule has 0 aliphatic carbocycles. The summed E-state index contributed by atoms with van der Waals surface area (Å²) >= 11 is 0. The van der Waals surface area contributed by atoms with Gasteiger partial charge in [-0.15, -0.1) is 0 Å². The number of rotatable bonds is 8. The summed E-state index contributed by atoms with van der Waals surface area (Å²) in [6.45, 7) is 3.54. The van der Waals surface area contributed by atoms with Gasteiger partial charge in [0, 0.05) is 48.2 Å².